The summed E-state index contributed by atoms with van der Waals surface area (Å²) in [6.07, 6.45) is 1.07. The molecule has 0 aliphatic rings. The number of aryl methyl sites for hydroxylation is 2. The predicted octanol–water partition coefficient (Wildman–Crippen LogP) is 3.21. The minimum absolute atomic E-state index is 0.0128. The Morgan fingerprint density at radius 3 is 2.77 bits per heavy atom. The van der Waals surface area contributed by atoms with Crippen molar-refractivity contribution in [1.29, 1.82) is 0 Å². The highest BCUT2D eigenvalue weighted by Crippen LogP contribution is 2.18. The van der Waals surface area contributed by atoms with E-state index in [1.54, 1.807) is 0 Å². The van der Waals surface area contributed by atoms with E-state index < -0.39 is 0 Å². The first-order valence-corrected chi connectivity index (χ1v) is 7.76. The lowest BCUT2D eigenvalue weighted by Crippen LogP contribution is -2.32. The minimum Gasteiger partial charge on any atom is -0.346 e. The lowest BCUT2D eigenvalue weighted by molar-refractivity contribution is -0.122. The first-order valence-electron chi connectivity index (χ1n) is 7.38. The Labute approximate surface area is 135 Å². The molecule has 0 bridgehead atoms. The number of hydrogen-bond donors (Lipinski definition) is 2. The predicted molar refractivity (Wildman–Crippen MR) is 86.6 cm³/mol. The average molecular weight is 321 g/mol. The Kier molecular flexibility index (Phi) is 5.55. The SMILES string of the molecule is Cc1nc(C(NC(=O)CCc2cccc(Cl)c2)C(C)C)n[nH]1. The van der Waals surface area contributed by atoms with E-state index in [1.807, 2.05) is 45.0 Å². The molecule has 0 aliphatic heterocycles. The number of halogens is 1. The molecule has 0 fully saturated rings. The van der Waals surface area contributed by atoms with Gasteiger partial charge in [-0.1, -0.05) is 37.6 Å². The maximum atomic E-state index is 12.2. The number of nitrogens with one attached hydrogen (secondary N) is 2. The molecule has 2 aromatic rings. The van der Waals surface area contributed by atoms with E-state index in [2.05, 4.69) is 20.5 Å². The Balaban J connectivity index is 1.94. The maximum Gasteiger partial charge on any atom is 0.220 e. The zero-order chi connectivity index (χ0) is 16.1. The number of hydrogen-bond acceptors (Lipinski definition) is 3. The molecule has 0 radical (unpaired) electrons. The third-order valence-corrected chi connectivity index (χ3v) is 3.64. The summed E-state index contributed by atoms with van der Waals surface area (Å²) in [6.45, 7) is 5.91. The van der Waals surface area contributed by atoms with Gasteiger partial charge < -0.3 is 5.32 Å². The van der Waals surface area contributed by atoms with Crippen LogP contribution in [0.1, 0.15) is 43.5 Å². The van der Waals surface area contributed by atoms with Crippen LogP contribution in [0.5, 0.6) is 0 Å². The van der Waals surface area contributed by atoms with Crippen LogP contribution in [0.3, 0.4) is 0 Å². The van der Waals surface area contributed by atoms with E-state index in [-0.39, 0.29) is 17.9 Å². The van der Waals surface area contributed by atoms with Crippen molar-refractivity contribution in [3.05, 3.63) is 46.5 Å². The zero-order valence-corrected chi connectivity index (χ0v) is 13.8. The zero-order valence-electron chi connectivity index (χ0n) is 13.1. The highest BCUT2D eigenvalue weighted by Gasteiger charge is 2.22. The number of nitrogens with zero attached hydrogens (tertiary/aromatic N) is 2. The van der Waals surface area contributed by atoms with Gasteiger partial charge in [0, 0.05) is 11.4 Å². The molecular weight excluding hydrogens is 300 g/mol. The molecule has 118 valence electrons. The second-order valence-electron chi connectivity index (χ2n) is 5.70. The molecule has 0 aliphatic carbocycles. The van der Waals surface area contributed by atoms with Gasteiger partial charge in [0.15, 0.2) is 5.82 Å². The van der Waals surface area contributed by atoms with E-state index in [1.165, 1.54) is 0 Å². The van der Waals surface area contributed by atoms with Crippen molar-refractivity contribution >= 4 is 17.5 Å². The van der Waals surface area contributed by atoms with Gasteiger partial charge in [0.2, 0.25) is 5.91 Å². The van der Waals surface area contributed by atoms with Crippen LogP contribution in [-0.2, 0) is 11.2 Å². The lowest BCUT2D eigenvalue weighted by Gasteiger charge is -2.19. The number of carbonyl (C=O) groups is 1. The van der Waals surface area contributed by atoms with Gasteiger partial charge in [-0.25, -0.2) is 4.98 Å². The topological polar surface area (TPSA) is 70.7 Å². The molecular formula is C16H21ClN4O. The summed E-state index contributed by atoms with van der Waals surface area (Å²) < 4.78 is 0. The Hall–Kier alpha value is -1.88. The molecule has 2 N–H and O–H groups in total. The molecule has 2 rings (SSSR count). The Bertz CT molecular complexity index is 639. The minimum atomic E-state index is -0.184. The van der Waals surface area contributed by atoms with E-state index in [9.17, 15) is 4.79 Å². The quantitative estimate of drug-likeness (QED) is 0.858. The van der Waals surface area contributed by atoms with Crippen LogP contribution in [0.2, 0.25) is 5.02 Å². The van der Waals surface area contributed by atoms with Gasteiger partial charge >= 0.3 is 0 Å². The third-order valence-electron chi connectivity index (χ3n) is 3.41. The third kappa shape index (κ3) is 4.56. The van der Waals surface area contributed by atoms with Crippen molar-refractivity contribution in [3.8, 4) is 0 Å². The van der Waals surface area contributed by atoms with E-state index in [0.717, 1.165) is 11.4 Å². The van der Waals surface area contributed by atoms with Crippen molar-refractivity contribution in [2.75, 3.05) is 0 Å². The smallest absolute Gasteiger partial charge is 0.220 e. The fourth-order valence-corrected chi connectivity index (χ4v) is 2.44. The van der Waals surface area contributed by atoms with Crippen LogP contribution in [0, 0.1) is 12.8 Å². The molecule has 0 saturated heterocycles. The van der Waals surface area contributed by atoms with E-state index in [0.29, 0.717) is 23.7 Å². The van der Waals surface area contributed by atoms with Crippen LogP contribution < -0.4 is 5.32 Å². The number of aromatic amines is 1. The van der Waals surface area contributed by atoms with Crippen molar-refractivity contribution in [2.24, 2.45) is 5.92 Å². The summed E-state index contributed by atoms with van der Waals surface area (Å²) in [5.41, 5.74) is 1.05. The molecule has 1 heterocycles. The number of carbonyl (C=O) groups excluding carboxylic acids is 1. The summed E-state index contributed by atoms with van der Waals surface area (Å²) in [7, 11) is 0. The number of rotatable bonds is 6. The van der Waals surface area contributed by atoms with Gasteiger partial charge in [0.1, 0.15) is 5.82 Å². The monoisotopic (exact) mass is 320 g/mol. The average Bonchev–Trinajstić information content (AvgIpc) is 2.88. The van der Waals surface area contributed by atoms with Gasteiger partial charge in [-0.05, 0) is 37.0 Å². The normalized spacial score (nSPS) is 12.4. The molecule has 0 saturated carbocycles. The molecule has 6 heteroatoms. The van der Waals surface area contributed by atoms with E-state index >= 15 is 0 Å². The fourth-order valence-electron chi connectivity index (χ4n) is 2.22. The first kappa shape index (κ1) is 16.5. The molecule has 5 nitrogen and oxygen atoms in total. The van der Waals surface area contributed by atoms with Crippen LogP contribution in [0.15, 0.2) is 24.3 Å². The van der Waals surface area contributed by atoms with Gasteiger partial charge in [-0.15, -0.1) is 0 Å². The summed E-state index contributed by atoms with van der Waals surface area (Å²) in [5.74, 6) is 1.57. The van der Waals surface area contributed by atoms with Crippen LogP contribution >= 0.6 is 11.6 Å². The standard InChI is InChI=1S/C16H21ClN4O/c1-10(2)15(16-18-11(3)20-21-16)19-14(22)8-7-12-5-4-6-13(17)9-12/h4-6,9-10,15H,7-8H2,1-3H3,(H,19,22)(H,18,20,21). The molecule has 1 amide bonds. The number of amides is 1. The number of benzene rings is 1. The number of aromatic nitrogens is 3. The second kappa shape index (κ2) is 7.40. The van der Waals surface area contributed by atoms with E-state index in [4.69, 9.17) is 11.6 Å². The lowest BCUT2D eigenvalue weighted by atomic mass is 10.0. The molecule has 0 spiro atoms. The van der Waals surface area contributed by atoms with Crippen molar-refractivity contribution < 1.29 is 4.79 Å². The summed E-state index contributed by atoms with van der Waals surface area (Å²) >= 11 is 5.95. The Morgan fingerprint density at radius 2 is 2.18 bits per heavy atom. The van der Waals surface area contributed by atoms with Crippen molar-refractivity contribution in [1.82, 2.24) is 20.5 Å². The highest BCUT2D eigenvalue weighted by atomic mass is 35.5. The largest absolute Gasteiger partial charge is 0.346 e. The molecule has 1 aromatic heterocycles. The second-order valence-corrected chi connectivity index (χ2v) is 6.13. The molecule has 1 unspecified atom stereocenters. The Morgan fingerprint density at radius 1 is 1.41 bits per heavy atom. The van der Waals surface area contributed by atoms with Crippen LogP contribution in [-0.4, -0.2) is 21.1 Å². The summed E-state index contributed by atoms with van der Waals surface area (Å²) in [5, 5.41) is 10.7. The highest BCUT2D eigenvalue weighted by molar-refractivity contribution is 6.30. The molecule has 22 heavy (non-hydrogen) atoms. The van der Waals surface area contributed by atoms with Gasteiger partial charge in [0.05, 0.1) is 6.04 Å². The number of H-pyrrole nitrogens is 1. The van der Waals surface area contributed by atoms with Gasteiger partial charge in [0.25, 0.3) is 0 Å². The van der Waals surface area contributed by atoms with Crippen molar-refractivity contribution in [3.63, 3.8) is 0 Å². The molecule has 1 atom stereocenters. The van der Waals surface area contributed by atoms with Gasteiger partial charge in [-0.2, -0.15) is 5.10 Å². The van der Waals surface area contributed by atoms with Crippen molar-refractivity contribution in [2.45, 2.75) is 39.7 Å². The fraction of sp³-hybridized carbons (Fsp3) is 0.438. The summed E-state index contributed by atoms with van der Waals surface area (Å²) in [6, 6.07) is 7.39. The maximum absolute atomic E-state index is 12.2. The molecule has 1 aromatic carbocycles. The summed E-state index contributed by atoms with van der Waals surface area (Å²) in [4.78, 5) is 16.5. The van der Waals surface area contributed by atoms with Crippen LogP contribution in [0.25, 0.3) is 0 Å². The van der Waals surface area contributed by atoms with Gasteiger partial charge in [-0.3, -0.25) is 9.89 Å². The first-order chi connectivity index (χ1) is 10.5. The van der Waals surface area contributed by atoms with Crippen LogP contribution in [0.4, 0.5) is 0 Å².